The summed E-state index contributed by atoms with van der Waals surface area (Å²) in [7, 11) is 1.81. The van der Waals surface area contributed by atoms with Gasteiger partial charge in [-0.3, -0.25) is 9.48 Å². The van der Waals surface area contributed by atoms with Crippen LogP contribution in [0.1, 0.15) is 23.7 Å². The molecule has 1 aromatic carbocycles. The number of amides is 1. The van der Waals surface area contributed by atoms with E-state index in [1.807, 2.05) is 32.2 Å². The number of benzene rings is 1. The van der Waals surface area contributed by atoms with Gasteiger partial charge in [-0.2, -0.15) is 18.3 Å². The molecular formula is C24H23F3N6O. The Morgan fingerprint density at radius 1 is 1.18 bits per heavy atom. The molecule has 0 radical (unpaired) electrons. The van der Waals surface area contributed by atoms with E-state index in [0.717, 1.165) is 22.9 Å². The second-order valence-corrected chi connectivity index (χ2v) is 7.30. The number of carbonyl (C=O) groups is 1. The van der Waals surface area contributed by atoms with Crippen molar-refractivity contribution in [2.75, 3.05) is 10.6 Å². The summed E-state index contributed by atoms with van der Waals surface area (Å²) in [6, 6.07) is 10.6. The topological polar surface area (TPSA) is 84.2 Å². The van der Waals surface area contributed by atoms with Gasteiger partial charge >= 0.3 is 6.18 Å². The predicted molar refractivity (Wildman–Crippen MR) is 126 cm³/mol. The summed E-state index contributed by atoms with van der Waals surface area (Å²) in [5, 5.41) is 9.51. The first-order valence-corrected chi connectivity index (χ1v) is 10.2. The highest BCUT2D eigenvalue weighted by Gasteiger charge is 2.32. The summed E-state index contributed by atoms with van der Waals surface area (Å²) in [4.78, 5) is 20.0. The molecule has 0 saturated carbocycles. The Morgan fingerprint density at radius 3 is 2.53 bits per heavy atom. The predicted octanol–water partition coefficient (Wildman–Crippen LogP) is 5.07. The number of aromatic nitrogens is 3. The molecule has 0 aliphatic carbocycles. The van der Waals surface area contributed by atoms with Crippen molar-refractivity contribution in [1.82, 2.24) is 14.8 Å². The molecule has 0 spiro atoms. The van der Waals surface area contributed by atoms with E-state index in [1.165, 1.54) is 12.1 Å². The second-order valence-electron chi connectivity index (χ2n) is 7.30. The number of nitrogens with one attached hydrogen (secondary N) is 2. The lowest BCUT2D eigenvalue weighted by molar-refractivity contribution is -0.141. The van der Waals surface area contributed by atoms with Crippen molar-refractivity contribution in [2.24, 2.45) is 12.0 Å². The third-order valence-corrected chi connectivity index (χ3v) is 4.62. The van der Waals surface area contributed by atoms with E-state index in [0.29, 0.717) is 11.4 Å². The number of aryl methyl sites for hydroxylation is 1. The summed E-state index contributed by atoms with van der Waals surface area (Å²) in [6.07, 6.45) is 2.44. The molecule has 0 aliphatic heterocycles. The molecule has 0 saturated heterocycles. The fraction of sp³-hybridized carbons (Fsp3) is 0.167. The Bertz CT molecular complexity index is 1230. The van der Waals surface area contributed by atoms with Gasteiger partial charge in [0.05, 0.1) is 18.3 Å². The van der Waals surface area contributed by atoms with Gasteiger partial charge in [0.25, 0.3) is 0 Å². The zero-order valence-corrected chi connectivity index (χ0v) is 18.6. The van der Waals surface area contributed by atoms with Crippen LogP contribution in [0.5, 0.6) is 0 Å². The van der Waals surface area contributed by atoms with Crippen LogP contribution in [0.4, 0.5) is 24.7 Å². The number of rotatable bonds is 8. The maximum atomic E-state index is 12.8. The van der Waals surface area contributed by atoms with Gasteiger partial charge in [-0.15, -0.1) is 0 Å². The minimum atomic E-state index is -4.58. The van der Waals surface area contributed by atoms with Gasteiger partial charge in [0, 0.05) is 19.5 Å². The number of pyridine rings is 1. The van der Waals surface area contributed by atoms with Gasteiger partial charge < -0.3 is 10.6 Å². The average Bonchev–Trinajstić information content (AvgIpc) is 3.19. The highest BCUT2D eigenvalue weighted by Crippen LogP contribution is 2.28. The molecule has 7 nitrogen and oxygen atoms in total. The van der Waals surface area contributed by atoms with Gasteiger partial charge in [0.1, 0.15) is 17.3 Å². The Morgan fingerprint density at radius 2 is 1.91 bits per heavy atom. The largest absolute Gasteiger partial charge is 0.433 e. The molecule has 176 valence electrons. The Hall–Kier alpha value is -4.21. The van der Waals surface area contributed by atoms with Crippen molar-refractivity contribution in [3.05, 3.63) is 90.2 Å². The van der Waals surface area contributed by atoms with Gasteiger partial charge in [-0.25, -0.2) is 9.98 Å². The fourth-order valence-corrected chi connectivity index (χ4v) is 3.00. The molecule has 1 amide bonds. The van der Waals surface area contributed by atoms with Crippen molar-refractivity contribution in [2.45, 2.75) is 19.5 Å². The Balaban J connectivity index is 1.59. The lowest BCUT2D eigenvalue weighted by atomic mass is 10.0. The molecule has 2 heterocycles. The third-order valence-electron chi connectivity index (χ3n) is 4.62. The molecular weight excluding hydrogens is 445 g/mol. The van der Waals surface area contributed by atoms with Crippen LogP contribution >= 0.6 is 0 Å². The number of halogens is 3. The highest BCUT2D eigenvalue weighted by atomic mass is 19.4. The molecule has 2 N–H and O–H groups in total. The average molecular weight is 468 g/mol. The van der Waals surface area contributed by atoms with E-state index in [1.54, 1.807) is 35.4 Å². The summed E-state index contributed by atoms with van der Waals surface area (Å²) >= 11 is 0. The van der Waals surface area contributed by atoms with Crippen LogP contribution in [0, 0.1) is 0 Å². The molecule has 0 atom stereocenters. The minimum Gasteiger partial charge on any atom is -0.338 e. The maximum absolute atomic E-state index is 12.8. The minimum absolute atomic E-state index is 0.0106. The number of aliphatic imine (C=N–C) groups is 1. The lowest BCUT2D eigenvalue weighted by Gasteiger charge is -2.09. The van der Waals surface area contributed by atoms with Gasteiger partial charge in [-0.1, -0.05) is 43.0 Å². The normalized spacial score (nSPS) is 12.1. The molecule has 34 heavy (non-hydrogen) atoms. The molecule has 0 fully saturated rings. The van der Waals surface area contributed by atoms with Crippen LogP contribution in [0.15, 0.2) is 78.3 Å². The number of alkyl halides is 3. The van der Waals surface area contributed by atoms with Gasteiger partial charge in [0.15, 0.2) is 0 Å². The van der Waals surface area contributed by atoms with Crippen molar-refractivity contribution in [1.29, 1.82) is 0 Å². The molecule has 3 aromatic rings. The lowest BCUT2D eigenvalue weighted by Crippen LogP contribution is -2.17. The summed E-state index contributed by atoms with van der Waals surface area (Å²) in [6.45, 7) is 5.75. The number of carbonyl (C=O) groups excluding carboxylic acids is 1. The van der Waals surface area contributed by atoms with Crippen LogP contribution in [-0.4, -0.2) is 26.9 Å². The van der Waals surface area contributed by atoms with Crippen molar-refractivity contribution >= 4 is 29.2 Å². The first-order chi connectivity index (χ1) is 16.1. The Kier molecular flexibility index (Phi) is 7.62. The molecule has 10 heteroatoms. The number of anilines is 2. The van der Waals surface area contributed by atoms with E-state index >= 15 is 0 Å². The Labute approximate surface area is 194 Å². The van der Waals surface area contributed by atoms with E-state index in [9.17, 15) is 18.0 Å². The molecule has 0 aliphatic rings. The van der Waals surface area contributed by atoms with Crippen LogP contribution in [0.25, 0.3) is 5.57 Å². The number of nitrogens with zero attached hydrogens (tertiary/aromatic N) is 4. The molecule has 3 rings (SSSR count). The van der Waals surface area contributed by atoms with E-state index in [-0.39, 0.29) is 12.2 Å². The summed E-state index contributed by atoms with van der Waals surface area (Å²) in [5.41, 5.74) is 2.13. The van der Waals surface area contributed by atoms with Crippen molar-refractivity contribution < 1.29 is 18.0 Å². The van der Waals surface area contributed by atoms with Crippen molar-refractivity contribution in [3.63, 3.8) is 0 Å². The molecule has 0 unspecified atom stereocenters. The second kappa shape index (κ2) is 10.6. The van der Waals surface area contributed by atoms with Crippen LogP contribution < -0.4 is 10.6 Å². The van der Waals surface area contributed by atoms with Crippen LogP contribution in [-0.2, 0) is 24.4 Å². The molecule has 2 aromatic heterocycles. The fourth-order valence-electron chi connectivity index (χ4n) is 3.00. The zero-order chi connectivity index (χ0) is 24.7. The number of allylic oxidation sites excluding steroid dienone is 2. The van der Waals surface area contributed by atoms with Gasteiger partial charge in [-0.05, 0) is 35.8 Å². The quantitative estimate of drug-likeness (QED) is 0.452. The SMILES string of the molecule is C=C(N=C/C(=C\C)c1ccc(CC(=O)Nc2cccc(C(F)(F)F)n2)cc1)Nc1cnn(C)c1. The number of hydrogen-bond acceptors (Lipinski definition) is 5. The monoisotopic (exact) mass is 468 g/mol. The smallest absolute Gasteiger partial charge is 0.338 e. The third kappa shape index (κ3) is 6.89. The highest BCUT2D eigenvalue weighted by molar-refractivity contribution is 6.10. The maximum Gasteiger partial charge on any atom is 0.433 e. The first-order valence-electron chi connectivity index (χ1n) is 10.2. The van der Waals surface area contributed by atoms with Crippen LogP contribution in [0.3, 0.4) is 0 Å². The van der Waals surface area contributed by atoms with Gasteiger partial charge in [0.2, 0.25) is 5.91 Å². The van der Waals surface area contributed by atoms with E-state index < -0.39 is 17.8 Å². The molecule has 0 bridgehead atoms. The standard InChI is InChI=1S/C24H23F3N6O/c1-4-18(13-28-16(2)30-20-14-29-33(3)15-20)19-10-8-17(9-11-19)12-23(34)32-22-7-5-6-21(31-22)24(25,26)27/h4-11,13-15,30H,2,12H2,1,3H3,(H,31,32,34)/b18-4+,28-13?. The summed E-state index contributed by atoms with van der Waals surface area (Å²) in [5.74, 6) is -0.169. The van der Waals surface area contributed by atoms with E-state index in [4.69, 9.17) is 0 Å². The van der Waals surface area contributed by atoms with E-state index in [2.05, 4.69) is 32.3 Å². The first kappa shape index (κ1) is 24.4. The van der Waals surface area contributed by atoms with Crippen LogP contribution in [0.2, 0.25) is 0 Å². The van der Waals surface area contributed by atoms with Crippen molar-refractivity contribution in [3.8, 4) is 0 Å². The number of hydrogen-bond donors (Lipinski definition) is 2. The zero-order valence-electron chi connectivity index (χ0n) is 18.6. The summed E-state index contributed by atoms with van der Waals surface area (Å²) < 4.78 is 40.0.